The normalized spacial score (nSPS) is 10.7. The molecule has 3 aromatic carbocycles. The highest BCUT2D eigenvalue weighted by Gasteiger charge is 2.31. The Labute approximate surface area is 178 Å². The third kappa shape index (κ3) is 6.91. The average Bonchev–Trinajstić information content (AvgIpc) is 2.65. The average molecular weight is 457 g/mol. The molecule has 0 atom stereocenters. The second-order valence-corrected chi connectivity index (χ2v) is 9.65. The van der Waals surface area contributed by atoms with E-state index in [-0.39, 0.29) is 15.6 Å². The molecular weight excluding hydrogens is 433 g/mol. The minimum absolute atomic E-state index is 0. The van der Waals surface area contributed by atoms with Gasteiger partial charge >= 0.3 is 5.37 Å². The summed E-state index contributed by atoms with van der Waals surface area (Å²) in [6.07, 6.45) is 0. The van der Waals surface area contributed by atoms with E-state index in [4.69, 9.17) is 9.11 Å². The largest absolute Gasteiger partial charge is 1.00 e. The van der Waals surface area contributed by atoms with Gasteiger partial charge in [-0.25, -0.2) is 4.21 Å². The highest BCUT2D eigenvalue weighted by Crippen LogP contribution is 2.35. The number of rotatable bonds is 3. The lowest BCUT2D eigenvalue weighted by atomic mass is 10.1. The molecule has 2 N–H and O–H groups in total. The fourth-order valence-corrected chi connectivity index (χ4v) is 5.34. The van der Waals surface area contributed by atoms with Crippen LogP contribution in [0.4, 0.5) is 8.78 Å². The molecule has 0 aromatic heterocycles. The van der Waals surface area contributed by atoms with Gasteiger partial charge in [0, 0.05) is 11.1 Å². The SMILES string of the molecule is Cc1cc(C)c([S+](c2ccccc2)c2ccccc2)c(C)c1.O=S(O)(O)=C(F)F.[F-]. The summed E-state index contributed by atoms with van der Waals surface area (Å²) in [6.45, 7) is 6.65. The molecule has 0 fully saturated rings. The van der Waals surface area contributed by atoms with Crippen LogP contribution >= 0.6 is 0 Å². The maximum atomic E-state index is 10.7. The van der Waals surface area contributed by atoms with Crippen LogP contribution in [0.3, 0.4) is 0 Å². The Hall–Kier alpha value is -2.26. The summed E-state index contributed by atoms with van der Waals surface area (Å²) >= 11 is 0. The molecule has 8 heteroatoms. The molecule has 3 aromatic rings. The number of hydrogen-bond donors (Lipinski definition) is 2. The van der Waals surface area contributed by atoms with Gasteiger partial charge in [0.15, 0.2) is 14.7 Å². The monoisotopic (exact) mass is 456 g/mol. The van der Waals surface area contributed by atoms with E-state index >= 15 is 0 Å². The molecule has 0 amide bonds. The van der Waals surface area contributed by atoms with E-state index in [0.29, 0.717) is 0 Å². The van der Waals surface area contributed by atoms with Crippen LogP contribution in [0.15, 0.2) is 87.5 Å². The quantitative estimate of drug-likeness (QED) is 0.362. The maximum absolute atomic E-state index is 10.7. The minimum Gasteiger partial charge on any atom is -1.00 e. The molecule has 0 heterocycles. The topological polar surface area (TPSA) is 57.5 Å². The highest BCUT2D eigenvalue weighted by atomic mass is 32.2. The summed E-state index contributed by atoms with van der Waals surface area (Å²) in [5, 5.41) is -2.87. The zero-order valence-electron chi connectivity index (χ0n) is 16.7. The summed E-state index contributed by atoms with van der Waals surface area (Å²) < 4.78 is 45.4. The Morgan fingerprint density at radius 2 is 1.13 bits per heavy atom. The summed E-state index contributed by atoms with van der Waals surface area (Å²) in [7, 11) is -4.95. The molecule has 30 heavy (non-hydrogen) atoms. The van der Waals surface area contributed by atoms with Crippen molar-refractivity contribution in [3.8, 4) is 0 Å². The molecule has 0 bridgehead atoms. The van der Waals surface area contributed by atoms with E-state index in [9.17, 15) is 13.0 Å². The van der Waals surface area contributed by atoms with Gasteiger partial charge in [-0.15, -0.1) is 0 Å². The van der Waals surface area contributed by atoms with E-state index < -0.39 is 15.5 Å². The Morgan fingerprint density at radius 3 is 1.43 bits per heavy atom. The Morgan fingerprint density at radius 1 is 0.800 bits per heavy atom. The highest BCUT2D eigenvalue weighted by molar-refractivity contribution is 7.97. The smallest absolute Gasteiger partial charge is 0.372 e. The zero-order chi connectivity index (χ0) is 21.6. The molecule has 0 aliphatic carbocycles. The van der Waals surface area contributed by atoms with E-state index in [1.54, 1.807) is 0 Å². The molecule has 0 saturated heterocycles. The van der Waals surface area contributed by atoms with Crippen molar-refractivity contribution in [1.82, 2.24) is 0 Å². The van der Waals surface area contributed by atoms with Crippen LogP contribution in [0.5, 0.6) is 0 Å². The molecule has 0 radical (unpaired) electrons. The van der Waals surface area contributed by atoms with Gasteiger partial charge < -0.3 is 4.70 Å². The summed E-state index contributed by atoms with van der Waals surface area (Å²) in [5.41, 5.74) is 4.10. The van der Waals surface area contributed by atoms with Crippen LogP contribution in [0, 0.1) is 20.8 Å². The molecule has 162 valence electrons. The van der Waals surface area contributed by atoms with Crippen molar-refractivity contribution in [3.05, 3.63) is 89.5 Å². The van der Waals surface area contributed by atoms with Gasteiger partial charge in [-0.1, -0.05) is 54.1 Å². The lowest BCUT2D eigenvalue weighted by Crippen LogP contribution is -3.00. The van der Waals surface area contributed by atoms with Crippen molar-refractivity contribution in [2.24, 2.45) is 0 Å². The van der Waals surface area contributed by atoms with E-state index in [2.05, 4.69) is 93.6 Å². The first-order valence-electron chi connectivity index (χ1n) is 8.70. The third-order valence-corrected chi connectivity index (χ3v) is 6.91. The summed E-state index contributed by atoms with van der Waals surface area (Å²) in [4.78, 5) is 4.22. The van der Waals surface area contributed by atoms with Crippen molar-refractivity contribution < 1.29 is 26.8 Å². The maximum Gasteiger partial charge on any atom is 0.372 e. The Bertz CT molecular complexity index is 1010. The molecule has 0 unspecified atom stereocenters. The van der Waals surface area contributed by atoms with Gasteiger partial charge in [0.2, 0.25) is 0 Å². The Balaban J connectivity index is 0.000000489. The first kappa shape index (κ1) is 25.8. The molecule has 0 aliphatic heterocycles. The van der Waals surface area contributed by atoms with E-state index in [0.717, 1.165) is 0 Å². The van der Waals surface area contributed by atoms with Gasteiger partial charge in [-0.2, -0.15) is 8.78 Å². The van der Waals surface area contributed by atoms with Crippen LogP contribution < -0.4 is 4.70 Å². The van der Waals surface area contributed by atoms with Crippen molar-refractivity contribution in [3.63, 3.8) is 0 Å². The minimum atomic E-state index is -4.91. The Kier molecular flexibility index (Phi) is 9.64. The molecular formula is C22H23F3O3S2. The first-order valence-corrected chi connectivity index (χ1v) is 11.4. The first-order chi connectivity index (χ1) is 13.6. The van der Waals surface area contributed by atoms with Crippen molar-refractivity contribution in [2.45, 2.75) is 35.5 Å². The zero-order valence-corrected chi connectivity index (χ0v) is 18.3. The van der Waals surface area contributed by atoms with Crippen LogP contribution in [0.25, 0.3) is 0 Å². The summed E-state index contributed by atoms with van der Waals surface area (Å²) in [5.74, 6) is 0. The van der Waals surface area contributed by atoms with Gasteiger partial charge in [-0.3, -0.25) is 9.11 Å². The van der Waals surface area contributed by atoms with Crippen molar-refractivity contribution in [1.29, 1.82) is 0 Å². The number of benzene rings is 3. The molecule has 0 spiro atoms. The van der Waals surface area contributed by atoms with Gasteiger partial charge in [0.1, 0.15) is 0 Å². The predicted octanol–water partition coefficient (Wildman–Crippen LogP) is 2.95. The lowest BCUT2D eigenvalue weighted by Gasteiger charge is -2.13. The van der Waals surface area contributed by atoms with Crippen molar-refractivity contribution >= 4 is 26.4 Å². The number of hydrogen-bond acceptors (Lipinski definition) is 1. The van der Waals surface area contributed by atoms with Crippen LogP contribution in [0.2, 0.25) is 0 Å². The van der Waals surface area contributed by atoms with Gasteiger partial charge in [-0.05, 0) is 45.0 Å². The lowest BCUT2D eigenvalue weighted by molar-refractivity contribution is -0.0000114. The second-order valence-electron chi connectivity index (χ2n) is 6.38. The van der Waals surface area contributed by atoms with Crippen LogP contribution in [-0.2, 0) is 21.0 Å². The van der Waals surface area contributed by atoms with E-state index in [1.165, 1.54) is 31.4 Å². The molecule has 0 aliphatic rings. The standard InChI is InChI=1S/C21H21S.CH2F2O3S.FH/c1-16-14-17(2)21(18(3)15-16)22(19-10-6-4-7-11-19)20-12-8-5-9-13-20;2-1(3)7(4,5)6;/h4-15H,1-3H3;(H2,4,5,6);1H/q+1;;/p-1. The van der Waals surface area contributed by atoms with Gasteiger partial charge in [0.05, 0.1) is 10.9 Å². The molecule has 3 rings (SSSR count). The van der Waals surface area contributed by atoms with Gasteiger partial charge in [0.25, 0.3) is 10.1 Å². The van der Waals surface area contributed by atoms with Crippen molar-refractivity contribution in [2.75, 3.05) is 0 Å². The summed E-state index contributed by atoms with van der Waals surface area (Å²) in [6, 6.07) is 26.3. The molecule has 0 saturated carbocycles. The second kappa shape index (κ2) is 11.2. The third-order valence-electron chi connectivity index (χ3n) is 3.97. The number of halogens is 3. The van der Waals surface area contributed by atoms with Crippen LogP contribution in [0.1, 0.15) is 16.7 Å². The fraction of sp³-hybridized carbons (Fsp3) is 0.136. The van der Waals surface area contributed by atoms with Crippen LogP contribution in [-0.4, -0.2) is 18.7 Å². The number of aryl methyl sites for hydroxylation is 3. The predicted molar refractivity (Wildman–Crippen MR) is 116 cm³/mol. The fourth-order valence-electron chi connectivity index (χ4n) is 2.97. The molecule has 3 nitrogen and oxygen atoms in total. The van der Waals surface area contributed by atoms with E-state index in [1.807, 2.05) is 0 Å².